The number of carbonyl (C=O) groups excluding carboxylic acids is 2. The van der Waals surface area contributed by atoms with Crippen molar-refractivity contribution < 1.29 is 32.2 Å². The minimum atomic E-state index is -3.09. The number of carbonyl (C=O) groups is 2. The average Bonchev–Trinajstić information content (AvgIpc) is 3.03. The van der Waals surface area contributed by atoms with E-state index in [1.165, 1.54) is 38.3 Å². The fourth-order valence-electron chi connectivity index (χ4n) is 2.68. The van der Waals surface area contributed by atoms with E-state index in [2.05, 4.69) is 0 Å². The Morgan fingerprint density at radius 2 is 2.00 bits per heavy atom. The number of methoxy groups -OCH3 is 2. The van der Waals surface area contributed by atoms with Gasteiger partial charge in [-0.2, -0.15) is 0 Å². The van der Waals surface area contributed by atoms with E-state index in [-0.39, 0.29) is 17.5 Å². The van der Waals surface area contributed by atoms with Crippen molar-refractivity contribution in [1.29, 1.82) is 0 Å². The van der Waals surface area contributed by atoms with Gasteiger partial charge in [-0.3, -0.25) is 4.79 Å². The van der Waals surface area contributed by atoms with Crippen LogP contribution in [0.3, 0.4) is 0 Å². The Balaban J connectivity index is 1.88. The topological polar surface area (TPSA) is 99.2 Å². The minimum Gasteiger partial charge on any atom is -0.497 e. The summed E-state index contributed by atoms with van der Waals surface area (Å²) in [6.45, 7) is -0.448. The van der Waals surface area contributed by atoms with Crippen LogP contribution < -0.4 is 9.47 Å². The zero-order valence-corrected chi connectivity index (χ0v) is 16.3. The van der Waals surface area contributed by atoms with Crippen molar-refractivity contribution in [2.45, 2.75) is 12.5 Å². The molecule has 1 saturated heterocycles. The second kappa shape index (κ2) is 8.90. The van der Waals surface area contributed by atoms with Crippen molar-refractivity contribution >= 4 is 27.8 Å². The quantitative estimate of drug-likeness (QED) is 0.498. The molecule has 1 atom stereocenters. The van der Waals surface area contributed by atoms with E-state index >= 15 is 0 Å². The van der Waals surface area contributed by atoms with Crippen molar-refractivity contribution in [3.05, 3.63) is 29.8 Å². The van der Waals surface area contributed by atoms with Crippen LogP contribution >= 0.6 is 0 Å². The summed E-state index contributed by atoms with van der Waals surface area (Å²) in [5, 5.41) is 0. The highest BCUT2D eigenvalue weighted by molar-refractivity contribution is 7.91. The maximum atomic E-state index is 12.1. The lowest BCUT2D eigenvalue weighted by Gasteiger charge is -2.22. The molecule has 1 aromatic carbocycles. The highest BCUT2D eigenvalue weighted by Crippen LogP contribution is 2.25. The molecule has 0 spiro atoms. The van der Waals surface area contributed by atoms with Crippen LogP contribution in [0.5, 0.6) is 11.5 Å². The number of ether oxygens (including phenoxy) is 3. The standard InChI is InChI=1S/C18H23NO7S/c1-19(14-8-9-27(22,23)12-14)17(20)11-26-18(21)7-5-13-4-6-15(24-2)10-16(13)25-3/h4-7,10,14H,8-9,11-12H2,1-3H3. The van der Waals surface area contributed by atoms with Crippen LogP contribution in [0.2, 0.25) is 0 Å². The van der Waals surface area contributed by atoms with Gasteiger partial charge < -0.3 is 19.1 Å². The van der Waals surface area contributed by atoms with Crippen molar-refractivity contribution in [3.8, 4) is 11.5 Å². The SMILES string of the molecule is COc1ccc(C=CC(=O)OCC(=O)N(C)C2CCS(=O)(=O)C2)c(OC)c1. The van der Waals surface area contributed by atoms with Crippen molar-refractivity contribution in [2.24, 2.45) is 0 Å². The fraction of sp³-hybridized carbons (Fsp3) is 0.444. The normalized spacial score (nSPS) is 18.3. The number of hydrogen-bond acceptors (Lipinski definition) is 7. The van der Waals surface area contributed by atoms with Gasteiger partial charge in [0.25, 0.3) is 5.91 Å². The van der Waals surface area contributed by atoms with E-state index < -0.39 is 28.3 Å². The average molecular weight is 397 g/mol. The summed E-state index contributed by atoms with van der Waals surface area (Å²) in [6.07, 6.45) is 3.10. The fourth-order valence-corrected chi connectivity index (χ4v) is 4.46. The smallest absolute Gasteiger partial charge is 0.331 e. The molecule has 1 unspecified atom stereocenters. The van der Waals surface area contributed by atoms with E-state index in [0.717, 1.165) is 0 Å². The summed E-state index contributed by atoms with van der Waals surface area (Å²) in [5.74, 6) is 0.0299. The predicted molar refractivity (Wildman–Crippen MR) is 99.4 cm³/mol. The molecule has 27 heavy (non-hydrogen) atoms. The molecule has 8 nitrogen and oxygen atoms in total. The van der Waals surface area contributed by atoms with Crippen LogP contribution in [0.4, 0.5) is 0 Å². The van der Waals surface area contributed by atoms with Crippen molar-refractivity contribution in [1.82, 2.24) is 4.90 Å². The summed E-state index contributed by atoms with van der Waals surface area (Å²) in [7, 11) is 1.46. The molecule has 9 heteroatoms. The monoisotopic (exact) mass is 397 g/mol. The van der Waals surface area contributed by atoms with E-state index in [0.29, 0.717) is 23.5 Å². The van der Waals surface area contributed by atoms with Gasteiger partial charge in [-0.05, 0) is 24.6 Å². The summed E-state index contributed by atoms with van der Waals surface area (Å²) >= 11 is 0. The highest BCUT2D eigenvalue weighted by Gasteiger charge is 2.32. The van der Waals surface area contributed by atoms with E-state index in [1.54, 1.807) is 18.2 Å². The van der Waals surface area contributed by atoms with Crippen LogP contribution in [-0.4, -0.2) is 70.6 Å². The third-order valence-electron chi connectivity index (χ3n) is 4.33. The summed E-state index contributed by atoms with van der Waals surface area (Å²) in [4.78, 5) is 25.3. The largest absolute Gasteiger partial charge is 0.497 e. The van der Waals surface area contributed by atoms with E-state index in [1.807, 2.05) is 0 Å². The number of sulfone groups is 1. The first-order valence-electron chi connectivity index (χ1n) is 8.28. The van der Waals surface area contributed by atoms with Crippen LogP contribution in [0.25, 0.3) is 6.08 Å². The minimum absolute atomic E-state index is 0.0552. The Bertz CT molecular complexity index is 832. The van der Waals surface area contributed by atoms with Gasteiger partial charge in [-0.1, -0.05) is 0 Å². The van der Waals surface area contributed by atoms with Gasteiger partial charge in [0.1, 0.15) is 11.5 Å². The molecule has 1 fully saturated rings. The second-order valence-corrected chi connectivity index (χ2v) is 8.34. The first-order valence-corrected chi connectivity index (χ1v) is 10.1. The second-order valence-electron chi connectivity index (χ2n) is 6.11. The van der Waals surface area contributed by atoms with E-state index in [9.17, 15) is 18.0 Å². The molecular formula is C18H23NO7S. The third-order valence-corrected chi connectivity index (χ3v) is 6.08. The Morgan fingerprint density at radius 1 is 1.26 bits per heavy atom. The van der Waals surface area contributed by atoms with Gasteiger partial charge in [0.2, 0.25) is 0 Å². The molecule has 0 N–H and O–H groups in total. The molecule has 0 saturated carbocycles. The first-order chi connectivity index (χ1) is 12.8. The molecule has 1 amide bonds. The lowest BCUT2D eigenvalue weighted by atomic mass is 10.2. The van der Waals surface area contributed by atoms with Gasteiger partial charge >= 0.3 is 5.97 Å². The van der Waals surface area contributed by atoms with Crippen molar-refractivity contribution in [3.63, 3.8) is 0 Å². The zero-order chi connectivity index (χ0) is 20.0. The van der Waals surface area contributed by atoms with E-state index in [4.69, 9.17) is 14.2 Å². The number of likely N-dealkylation sites (N-methyl/N-ethyl adjacent to an activating group) is 1. The molecule has 0 radical (unpaired) electrons. The molecule has 0 bridgehead atoms. The Hall–Kier alpha value is -2.55. The number of hydrogen-bond donors (Lipinski definition) is 0. The number of benzene rings is 1. The summed E-state index contributed by atoms with van der Waals surface area (Å²) in [6, 6.07) is 4.75. The molecule has 0 aliphatic carbocycles. The molecular weight excluding hydrogens is 374 g/mol. The molecule has 1 heterocycles. The lowest BCUT2D eigenvalue weighted by molar-refractivity contribution is -0.148. The molecule has 0 aromatic heterocycles. The number of esters is 1. The van der Waals surface area contributed by atoms with Crippen LogP contribution in [0.15, 0.2) is 24.3 Å². The Kier molecular flexibility index (Phi) is 6.84. The van der Waals surface area contributed by atoms with Gasteiger partial charge in [0.05, 0.1) is 25.7 Å². The maximum absolute atomic E-state index is 12.1. The van der Waals surface area contributed by atoms with Gasteiger partial charge in [-0.25, -0.2) is 13.2 Å². The number of amides is 1. The Morgan fingerprint density at radius 3 is 2.59 bits per heavy atom. The molecule has 1 aliphatic heterocycles. The van der Waals surface area contributed by atoms with Crippen LogP contribution in [-0.2, 0) is 24.2 Å². The zero-order valence-electron chi connectivity index (χ0n) is 15.5. The lowest BCUT2D eigenvalue weighted by Crippen LogP contribution is -2.40. The van der Waals surface area contributed by atoms with Crippen molar-refractivity contribution in [2.75, 3.05) is 39.4 Å². The molecule has 1 aromatic rings. The number of rotatable bonds is 7. The predicted octanol–water partition coefficient (Wildman–Crippen LogP) is 0.906. The van der Waals surface area contributed by atoms with Gasteiger partial charge in [-0.15, -0.1) is 0 Å². The number of nitrogens with zero attached hydrogens (tertiary/aromatic N) is 1. The molecule has 2 rings (SSSR count). The summed E-state index contributed by atoms with van der Waals surface area (Å²) < 4.78 is 38.3. The molecule has 1 aliphatic rings. The van der Waals surface area contributed by atoms with Gasteiger partial charge in [0, 0.05) is 30.8 Å². The maximum Gasteiger partial charge on any atom is 0.331 e. The summed E-state index contributed by atoms with van der Waals surface area (Å²) in [5.41, 5.74) is 0.648. The third kappa shape index (κ3) is 5.72. The first kappa shape index (κ1) is 20.8. The van der Waals surface area contributed by atoms with Gasteiger partial charge in [0.15, 0.2) is 16.4 Å². The van der Waals surface area contributed by atoms with Crippen LogP contribution in [0, 0.1) is 0 Å². The highest BCUT2D eigenvalue weighted by atomic mass is 32.2. The van der Waals surface area contributed by atoms with Crippen LogP contribution in [0.1, 0.15) is 12.0 Å². The Labute approximate surface area is 158 Å². The molecule has 148 valence electrons.